The summed E-state index contributed by atoms with van der Waals surface area (Å²) in [5.41, 5.74) is 2.11. The Morgan fingerprint density at radius 2 is 2.12 bits per heavy atom. The molecule has 1 aromatic carbocycles. The van der Waals surface area contributed by atoms with Crippen LogP contribution in [0.4, 0.5) is 0 Å². The molecule has 2 nitrogen and oxygen atoms in total. The average Bonchev–Trinajstić information content (AvgIpc) is 2.38. The number of carbonyl (C=O) groups is 1. The van der Waals surface area contributed by atoms with Gasteiger partial charge in [0, 0.05) is 18.0 Å². The Labute approximate surface area is 109 Å². The molecule has 1 heterocycles. The van der Waals surface area contributed by atoms with Crippen LogP contribution in [-0.4, -0.2) is 15.6 Å². The van der Waals surface area contributed by atoms with Crippen LogP contribution in [-0.2, 0) is 11.2 Å². The minimum absolute atomic E-state index is 0.111. The fourth-order valence-electron chi connectivity index (χ4n) is 1.86. The number of alkyl halides is 1. The number of para-hydroxylation sites is 1. The quantitative estimate of drug-likeness (QED) is 0.807. The van der Waals surface area contributed by atoms with Crippen molar-refractivity contribution in [3.63, 3.8) is 0 Å². The van der Waals surface area contributed by atoms with E-state index in [2.05, 4.69) is 20.9 Å². The van der Waals surface area contributed by atoms with E-state index in [9.17, 15) is 4.79 Å². The van der Waals surface area contributed by atoms with Gasteiger partial charge in [0.2, 0.25) is 0 Å². The third-order valence-corrected chi connectivity index (χ3v) is 3.65. The lowest BCUT2D eigenvalue weighted by molar-refractivity contribution is -0.118. The highest BCUT2D eigenvalue weighted by Crippen LogP contribution is 2.20. The lowest BCUT2D eigenvalue weighted by atomic mass is 10.0. The second-order valence-electron chi connectivity index (χ2n) is 3.98. The second kappa shape index (κ2) is 5.41. The highest BCUT2D eigenvalue weighted by molar-refractivity contribution is 9.10. The molecular formula is C14H14BrNO. The van der Waals surface area contributed by atoms with E-state index in [0.29, 0.717) is 12.8 Å². The summed E-state index contributed by atoms with van der Waals surface area (Å²) in [5, 5.41) is 1.12. The molecule has 2 rings (SSSR count). The monoisotopic (exact) mass is 291 g/mol. The first-order chi connectivity index (χ1) is 8.22. The van der Waals surface area contributed by atoms with Gasteiger partial charge in [-0.05, 0) is 18.1 Å². The van der Waals surface area contributed by atoms with Gasteiger partial charge in [-0.3, -0.25) is 9.78 Å². The van der Waals surface area contributed by atoms with Crippen molar-refractivity contribution in [2.75, 3.05) is 0 Å². The second-order valence-corrected chi connectivity index (χ2v) is 5.09. The Hall–Kier alpha value is -1.22. The topological polar surface area (TPSA) is 30.0 Å². The number of aromatic nitrogens is 1. The fraction of sp³-hybridized carbons (Fsp3) is 0.286. The van der Waals surface area contributed by atoms with Gasteiger partial charge in [-0.25, -0.2) is 0 Å². The van der Waals surface area contributed by atoms with Gasteiger partial charge in [0.15, 0.2) is 0 Å². The predicted molar refractivity (Wildman–Crippen MR) is 73.5 cm³/mol. The molecule has 0 spiro atoms. The van der Waals surface area contributed by atoms with E-state index in [-0.39, 0.29) is 10.6 Å². The summed E-state index contributed by atoms with van der Waals surface area (Å²) in [6.45, 7) is 1.89. The summed E-state index contributed by atoms with van der Waals surface area (Å²) in [6, 6.07) is 10.0. The molecule has 17 heavy (non-hydrogen) atoms. The Morgan fingerprint density at radius 1 is 1.35 bits per heavy atom. The standard InChI is InChI=1S/C14H14BrNO/c1-2-13(17)12(15)9-11-6-3-5-10-7-4-8-16-14(10)11/h3-8,12H,2,9H2,1H3. The minimum Gasteiger partial charge on any atom is -0.298 e. The van der Waals surface area contributed by atoms with Crippen molar-refractivity contribution in [1.82, 2.24) is 4.98 Å². The van der Waals surface area contributed by atoms with Gasteiger partial charge in [-0.1, -0.05) is 47.1 Å². The molecule has 2 aromatic rings. The van der Waals surface area contributed by atoms with E-state index in [1.54, 1.807) is 6.20 Å². The third kappa shape index (κ3) is 2.72. The van der Waals surface area contributed by atoms with E-state index < -0.39 is 0 Å². The molecule has 0 saturated carbocycles. The lowest BCUT2D eigenvalue weighted by Gasteiger charge is -2.09. The van der Waals surface area contributed by atoms with E-state index >= 15 is 0 Å². The van der Waals surface area contributed by atoms with Crippen molar-refractivity contribution in [3.05, 3.63) is 42.1 Å². The smallest absolute Gasteiger partial charge is 0.146 e. The number of fused-ring (bicyclic) bond motifs is 1. The van der Waals surface area contributed by atoms with Crippen molar-refractivity contribution in [2.45, 2.75) is 24.6 Å². The van der Waals surface area contributed by atoms with Crippen LogP contribution in [0.15, 0.2) is 36.5 Å². The zero-order chi connectivity index (χ0) is 12.3. The molecule has 0 aliphatic rings. The van der Waals surface area contributed by atoms with Crippen LogP contribution in [0.2, 0.25) is 0 Å². The summed E-state index contributed by atoms with van der Waals surface area (Å²) < 4.78 is 0. The number of nitrogens with zero attached hydrogens (tertiary/aromatic N) is 1. The number of benzene rings is 1. The van der Waals surface area contributed by atoms with Gasteiger partial charge in [0.1, 0.15) is 5.78 Å². The van der Waals surface area contributed by atoms with Crippen molar-refractivity contribution >= 4 is 32.6 Å². The van der Waals surface area contributed by atoms with E-state index in [4.69, 9.17) is 0 Å². The predicted octanol–water partition coefficient (Wildman–Crippen LogP) is 3.52. The maximum atomic E-state index is 11.6. The van der Waals surface area contributed by atoms with Crippen LogP contribution in [0, 0.1) is 0 Å². The van der Waals surface area contributed by atoms with Gasteiger partial charge < -0.3 is 0 Å². The Kier molecular flexibility index (Phi) is 3.89. The number of Topliss-reactive ketones (excluding diaryl/α,β-unsaturated/α-hetero) is 1. The largest absolute Gasteiger partial charge is 0.298 e. The molecule has 0 aliphatic heterocycles. The molecule has 0 saturated heterocycles. The van der Waals surface area contributed by atoms with Crippen molar-refractivity contribution in [1.29, 1.82) is 0 Å². The number of carbonyl (C=O) groups excluding carboxylic acids is 1. The number of pyridine rings is 1. The highest BCUT2D eigenvalue weighted by Gasteiger charge is 2.14. The van der Waals surface area contributed by atoms with Gasteiger partial charge in [-0.15, -0.1) is 0 Å². The van der Waals surface area contributed by atoms with Crippen LogP contribution in [0.1, 0.15) is 18.9 Å². The first-order valence-corrected chi connectivity index (χ1v) is 6.63. The maximum Gasteiger partial charge on any atom is 0.146 e. The van der Waals surface area contributed by atoms with Gasteiger partial charge in [0.05, 0.1) is 10.3 Å². The summed E-state index contributed by atoms with van der Waals surface area (Å²) in [6.07, 6.45) is 3.05. The van der Waals surface area contributed by atoms with Gasteiger partial charge in [-0.2, -0.15) is 0 Å². The van der Waals surface area contributed by atoms with Crippen LogP contribution >= 0.6 is 15.9 Å². The molecule has 3 heteroatoms. The van der Waals surface area contributed by atoms with E-state index in [1.807, 2.05) is 37.3 Å². The molecule has 0 amide bonds. The molecular weight excluding hydrogens is 278 g/mol. The molecule has 0 N–H and O–H groups in total. The summed E-state index contributed by atoms with van der Waals surface area (Å²) in [7, 11) is 0. The van der Waals surface area contributed by atoms with Crippen molar-refractivity contribution in [3.8, 4) is 0 Å². The SMILES string of the molecule is CCC(=O)C(Br)Cc1cccc2cccnc12. The van der Waals surface area contributed by atoms with E-state index in [0.717, 1.165) is 16.5 Å². The molecule has 88 valence electrons. The zero-order valence-electron chi connectivity index (χ0n) is 9.69. The highest BCUT2D eigenvalue weighted by atomic mass is 79.9. The molecule has 0 aliphatic carbocycles. The zero-order valence-corrected chi connectivity index (χ0v) is 11.3. The van der Waals surface area contributed by atoms with Gasteiger partial charge in [0.25, 0.3) is 0 Å². The Morgan fingerprint density at radius 3 is 2.88 bits per heavy atom. The molecule has 0 radical (unpaired) electrons. The Balaban J connectivity index is 2.33. The van der Waals surface area contributed by atoms with E-state index in [1.165, 1.54) is 0 Å². The first kappa shape index (κ1) is 12.2. The fourth-order valence-corrected chi connectivity index (χ4v) is 2.53. The Bertz CT molecular complexity index is 533. The molecule has 0 fully saturated rings. The maximum absolute atomic E-state index is 11.6. The van der Waals surface area contributed by atoms with Crippen LogP contribution in [0.3, 0.4) is 0 Å². The normalized spacial score (nSPS) is 12.6. The number of hydrogen-bond acceptors (Lipinski definition) is 2. The summed E-state index contributed by atoms with van der Waals surface area (Å²) in [5.74, 6) is 0.234. The number of ketones is 1. The minimum atomic E-state index is -0.111. The van der Waals surface area contributed by atoms with Crippen LogP contribution < -0.4 is 0 Å². The molecule has 1 unspecified atom stereocenters. The first-order valence-electron chi connectivity index (χ1n) is 5.71. The molecule has 1 aromatic heterocycles. The summed E-state index contributed by atoms with van der Waals surface area (Å²) >= 11 is 3.45. The van der Waals surface area contributed by atoms with Gasteiger partial charge >= 0.3 is 0 Å². The molecule has 1 atom stereocenters. The average molecular weight is 292 g/mol. The summed E-state index contributed by atoms with van der Waals surface area (Å²) in [4.78, 5) is 15.9. The van der Waals surface area contributed by atoms with Crippen molar-refractivity contribution < 1.29 is 4.79 Å². The lowest BCUT2D eigenvalue weighted by Crippen LogP contribution is -2.15. The van der Waals surface area contributed by atoms with Crippen LogP contribution in [0.25, 0.3) is 10.9 Å². The third-order valence-electron chi connectivity index (χ3n) is 2.81. The van der Waals surface area contributed by atoms with Crippen LogP contribution in [0.5, 0.6) is 0 Å². The molecule has 0 bridgehead atoms. The van der Waals surface area contributed by atoms with Crippen molar-refractivity contribution in [2.24, 2.45) is 0 Å². The number of hydrogen-bond donors (Lipinski definition) is 0. The number of halogens is 1. The number of rotatable bonds is 4.